The standard InChI is InChI=1S/C13H25N3O/c1-2-10-4-3-5-11(8-10)16-7-6-15-9-12(16)13(14)17/h10-12,15H,2-9H2,1H3,(H2,14,17). The molecule has 4 heteroatoms. The first-order valence-corrected chi connectivity index (χ1v) is 6.98. The fraction of sp³-hybridized carbons (Fsp3) is 0.923. The molecular weight excluding hydrogens is 214 g/mol. The first-order chi connectivity index (χ1) is 8.22. The van der Waals surface area contributed by atoms with Gasteiger partial charge in [-0.25, -0.2) is 0 Å². The number of amides is 1. The van der Waals surface area contributed by atoms with Crippen molar-refractivity contribution in [3.8, 4) is 0 Å². The van der Waals surface area contributed by atoms with Crippen LogP contribution in [0.15, 0.2) is 0 Å². The zero-order valence-corrected chi connectivity index (χ0v) is 10.8. The summed E-state index contributed by atoms with van der Waals surface area (Å²) < 4.78 is 0. The lowest BCUT2D eigenvalue weighted by Crippen LogP contribution is -2.60. The maximum absolute atomic E-state index is 11.5. The van der Waals surface area contributed by atoms with Gasteiger partial charge in [0.15, 0.2) is 0 Å². The minimum Gasteiger partial charge on any atom is -0.368 e. The molecule has 1 aliphatic heterocycles. The number of hydrogen-bond donors (Lipinski definition) is 2. The van der Waals surface area contributed by atoms with E-state index in [-0.39, 0.29) is 11.9 Å². The van der Waals surface area contributed by atoms with Crippen molar-refractivity contribution in [2.24, 2.45) is 11.7 Å². The molecule has 1 saturated heterocycles. The molecule has 0 aromatic carbocycles. The van der Waals surface area contributed by atoms with E-state index in [0.717, 1.165) is 25.6 Å². The van der Waals surface area contributed by atoms with Crippen molar-refractivity contribution in [2.45, 2.75) is 51.1 Å². The van der Waals surface area contributed by atoms with Crippen LogP contribution in [0.25, 0.3) is 0 Å². The van der Waals surface area contributed by atoms with Crippen molar-refractivity contribution in [3.05, 3.63) is 0 Å². The molecule has 17 heavy (non-hydrogen) atoms. The summed E-state index contributed by atoms with van der Waals surface area (Å²) in [4.78, 5) is 13.9. The number of carbonyl (C=O) groups excluding carboxylic acids is 1. The van der Waals surface area contributed by atoms with Gasteiger partial charge in [0.05, 0.1) is 0 Å². The fourth-order valence-electron chi connectivity index (χ4n) is 3.36. The highest BCUT2D eigenvalue weighted by atomic mass is 16.1. The predicted molar refractivity (Wildman–Crippen MR) is 68.6 cm³/mol. The molecule has 1 aliphatic carbocycles. The van der Waals surface area contributed by atoms with E-state index in [0.29, 0.717) is 6.04 Å². The molecule has 1 amide bonds. The molecule has 2 aliphatic rings. The second kappa shape index (κ2) is 5.83. The molecule has 0 bridgehead atoms. The third kappa shape index (κ3) is 2.99. The molecule has 3 atom stereocenters. The Kier molecular flexibility index (Phi) is 4.40. The van der Waals surface area contributed by atoms with Gasteiger partial charge in [-0.05, 0) is 18.8 Å². The minimum atomic E-state index is -0.171. The largest absolute Gasteiger partial charge is 0.368 e. The first kappa shape index (κ1) is 12.8. The fourth-order valence-corrected chi connectivity index (χ4v) is 3.36. The summed E-state index contributed by atoms with van der Waals surface area (Å²) >= 11 is 0. The number of piperazine rings is 1. The van der Waals surface area contributed by atoms with Gasteiger partial charge >= 0.3 is 0 Å². The monoisotopic (exact) mass is 239 g/mol. The van der Waals surface area contributed by atoms with Crippen LogP contribution < -0.4 is 11.1 Å². The van der Waals surface area contributed by atoms with E-state index in [1.54, 1.807) is 0 Å². The van der Waals surface area contributed by atoms with E-state index in [2.05, 4.69) is 17.1 Å². The van der Waals surface area contributed by atoms with Gasteiger partial charge < -0.3 is 11.1 Å². The highest BCUT2D eigenvalue weighted by Gasteiger charge is 2.34. The van der Waals surface area contributed by atoms with Gasteiger partial charge in [0.2, 0.25) is 5.91 Å². The van der Waals surface area contributed by atoms with Crippen molar-refractivity contribution in [3.63, 3.8) is 0 Å². The molecule has 98 valence electrons. The van der Waals surface area contributed by atoms with Gasteiger partial charge in [0.25, 0.3) is 0 Å². The van der Waals surface area contributed by atoms with Crippen molar-refractivity contribution < 1.29 is 4.79 Å². The van der Waals surface area contributed by atoms with E-state index >= 15 is 0 Å². The van der Waals surface area contributed by atoms with E-state index in [1.807, 2.05) is 0 Å². The lowest BCUT2D eigenvalue weighted by molar-refractivity contribution is -0.125. The van der Waals surface area contributed by atoms with Gasteiger partial charge in [0.1, 0.15) is 6.04 Å². The summed E-state index contributed by atoms with van der Waals surface area (Å²) in [6.07, 6.45) is 6.42. The van der Waals surface area contributed by atoms with Crippen LogP contribution in [0.3, 0.4) is 0 Å². The number of hydrogen-bond acceptors (Lipinski definition) is 3. The number of nitrogens with two attached hydrogens (primary N) is 1. The summed E-state index contributed by atoms with van der Waals surface area (Å²) in [5.41, 5.74) is 5.51. The van der Waals surface area contributed by atoms with Gasteiger partial charge in [-0.15, -0.1) is 0 Å². The van der Waals surface area contributed by atoms with Crippen molar-refractivity contribution >= 4 is 5.91 Å². The number of nitrogens with one attached hydrogen (secondary N) is 1. The summed E-state index contributed by atoms with van der Waals surface area (Å²) in [5.74, 6) is 0.674. The average molecular weight is 239 g/mol. The van der Waals surface area contributed by atoms with Crippen LogP contribution in [0.1, 0.15) is 39.0 Å². The molecule has 0 spiro atoms. The summed E-state index contributed by atoms with van der Waals surface area (Å²) in [6.45, 7) is 4.95. The highest BCUT2D eigenvalue weighted by molar-refractivity contribution is 5.80. The second-order valence-corrected chi connectivity index (χ2v) is 5.45. The maximum atomic E-state index is 11.5. The smallest absolute Gasteiger partial charge is 0.236 e. The molecule has 2 rings (SSSR count). The Morgan fingerprint density at radius 3 is 3.00 bits per heavy atom. The topological polar surface area (TPSA) is 58.4 Å². The van der Waals surface area contributed by atoms with Crippen LogP contribution in [-0.2, 0) is 4.79 Å². The molecule has 0 radical (unpaired) electrons. The van der Waals surface area contributed by atoms with Gasteiger partial charge in [-0.1, -0.05) is 26.2 Å². The normalized spacial score (nSPS) is 35.7. The Hall–Kier alpha value is -0.610. The third-order valence-electron chi connectivity index (χ3n) is 4.41. The molecule has 3 unspecified atom stereocenters. The van der Waals surface area contributed by atoms with Crippen molar-refractivity contribution in [1.29, 1.82) is 0 Å². The third-order valence-corrected chi connectivity index (χ3v) is 4.41. The SMILES string of the molecule is CCC1CCCC(N2CCNCC2C(N)=O)C1. The summed E-state index contributed by atoms with van der Waals surface area (Å²) in [5, 5.41) is 3.27. The molecule has 4 nitrogen and oxygen atoms in total. The van der Waals surface area contributed by atoms with E-state index < -0.39 is 0 Å². The lowest BCUT2D eigenvalue weighted by Gasteiger charge is -2.43. The number of rotatable bonds is 3. The lowest BCUT2D eigenvalue weighted by atomic mass is 9.83. The van der Waals surface area contributed by atoms with Gasteiger partial charge in [0, 0.05) is 25.7 Å². The van der Waals surface area contributed by atoms with Gasteiger partial charge in [-0.2, -0.15) is 0 Å². The Morgan fingerprint density at radius 1 is 1.47 bits per heavy atom. The molecule has 1 saturated carbocycles. The molecule has 3 N–H and O–H groups in total. The first-order valence-electron chi connectivity index (χ1n) is 6.98. The van der Waals surface area contributed by atoms with Gasteiger partial charge in [-0.3, -0.25) is 9.69 Å². The Labute approximate surface area is 104 Å². The van der Waals surface area contributed by atoms with Crippen LogP contribution in [0.4, 0.5) is 0 Å². The van der Waals surface area contributed by atoms with E-state index in [4.69, 9.17) is 5.73 Å². The number of nitrogens with zero attached hydrogens (tertiary/aromatic N) is 1. The van der Waals surface area contributed by atoms with Crippen LogP contribution in [0.2, 0.25) is 0 Å². The molecule has 1 heterocycles. The van der Waals surface area contributed by atoms with Crippen molar-refractivity contribution in [1.82, 2.24) is 10.2 Å². The predicted octanol–water partition coefficient (Wildman–Crippen LogP) is 0.714. The zero-order chi connectivity index (χ0) is 12.3. The Bertz CT molecular complexity index is 269. The summed E-state index contributed by atoms with van der Waals surface area (Å²) in [6, 6.07) is 0.484. The maximum Gasteiger partial charge on any atom is 0.236 e. The molecule has 0 aromatic heterocycles. The number of primary amides is 1. The minimum absolute atomic E-state index is 0.0932. The Morgan fingerprint density at radius 2 is 2.29 bits per heavy atom. The van der Waals surface area contributed by atoms with Crippen LogP contribution in [-0.4, -0.2) is 42.5 Å². The average Bonchev–Trinajstić information content (AvgIpc) is 2.39. The quantitative estimate of drug-likeness (QED) is 0.763. The number of carbonyl (C=O) groups is 1. The Balaban J connectivity index is 2.00. The van der Waals surface area contributed by atoms with E-state index in [1.165, 1.54) is 32.1 Å². The summed E-state index contributed by atoms with van der Waals surface area (Å²) in [7, 11) is 0. The molecule has 0 aromatic rings. The zero-order valence-electron chi connectivity index (χ0n) is 10.8. The molecule has 2 fully saturated rings. The van der Waals surface area contributed by atoms with Crippen LogP contribution in [0.5, 0.6) is 0 Å². The van der Waals surface area contributed by atoms with E-state index in [9.17, 15) is 4.79 Å². The van der Waals surface area contributed by atoms with Crippen molar-refractivity contribution in [2.75, 3.05) is 19.6 Å². The highest BCUT2D eigenvalue weighted by Crippen LogP contribution is 2.30. The second-order valence-electron chi connectivity index (χ2n) is 5.45. The van der Waals surface area contributed by atoms with Crippen LogP contribution in [0, 0.1) is 5.92 Å². The molecular formula is C13H25N3O. The van der Waals surface area contributed by atoms with Crippen LogP contribution >= 0.6 is 0 Å².